The Morgan fingerprint density at radius 2 is 1.76 bits per heavy atom. The van der Waals surface area contributed by atoms with Crippen molar-refractivity contribution in [2.75, 3.05) is 13.2 Å². The zero-order valence-electron chi connectivity index (χ0n) is 15.7. The molecule has 0 bridgehead atoms. The minimum absolute atomic E-state index is 0.00387. The highest BCUT2D eigenvalue weighted by molar-refractivity contribution is 7.89. The number of ether oxygens (including phenoxy) is 1. The lowest BCUT2D eigenvalue weighted by molar-refractivity contribution is 0.110. The third-order valence-electron chi connectivity index (χ3n) is 4.26. The molecule has 0 radical (unpaired) electrons. The highest BCUT2D eigenvalue weighted by Crippen LogP contribution is 2.25. The minimum atomic E-state index is -3.79. The first-order valence-corrected chi connectivity index (χ1v) is 10.6. The molecule has 0 amide bonds. The van der Waals surface area contributed by atoms with Crippen LogP contribution in [0.4, 0.5) is 4.39 Å². The van der Waals surface area contributed by atoms with Crippen LogP contribution in [0.15, 0.2) is 59.5 Å². The topological polar surface area (TPSA) is 107 Å². The lowest BCUT2D eigenvalue weighted by Crippen LogP contribution is -2.12. The quantitative estimate of drug-likeness (QED) is 0.519. The van der Waals surface area contributed by atoms with Gasteiger partial charge in [0.2, 0.25) is 10.0 Å². The molecule has 0 aliphatic heterocycles. The molecule has 7 nitrogen and oxygen atoms in total. The number of unbranched alkanes of at least 4 members (excludes halogenated alkanes) is 1. The summed E-state index contributed by atoms with van der Waals surface area (Å²) in [5.74, 6) is -0.343. The number of aliphatic hydroxyl groups is 1. The Bertz CT molecular complexity index is 1050. The number of rotatable bonds is 9. The van der Waals surface area contributed by atoms with E-state index >= 15 is 0 Å². The maximum absolute atomic E-state index is 13.3. The van der Waals surface area contributed by atoms with Crippen LogP contribution in [0.3, 0.4) is 0 Å². The second-order valence-corrected chi connectivity index (χ2v) is 8.02. The van der Waals surface area contributed by atoms with Crippen LogP contribution in [0.2, 0.25) is 0 Å². The minimum Gasteiger partial charge on any atom is -0.396 e. The van der Waals surface area contributed by atoms with Gasteiger partial charge in [0.05, 0.1) is 28.6 Å². The van der Waals surface area contributed by atoms with E-state index in [1.165, 1.54) is 24.3 Å². The van der Waals surface area contributed by atoms with Gasteiger partial charge < -0.3 is 9.84 Å². The molecule has 0 aliphatic carbocycles. The van der Waals surface area contributed by atoms with Crippen LogP contribution in [0.1, 0.15) is 18.5 Å². The van der Waals surface area contributed by atoms with E-state index in [0.717, 1.165) is 12.0 Å². The molecule has 9 heteroatoms. The first-order valence-electron chi connectivity index (χ1n) is 9.05. The summed E-state index contributed by atoms with van der Waals surface area (Å²) in [6.07, 6.45) is 1.42. The van der Waals surface area contributed by atoms with Gasteiger partial charge in [0, 0.05) is 18.8 Å². The van der Waals surface area contributed by atoms with Gasteiger partial charge in [-0.2, -0.15) is 5.10 Å². The van der Waals surface area contributed by atoms with Crippen LogP contribution in [-0.2, 0) is 21.4 Å². The summed E-state index contributed by atoms with van der Waals surface area (Å²) in [7, 11) is -3.79. The average molecular weight is 419 g/mol. The van der Waals surface area contributed by atoms with Crippen molar-refractivity contribution in [1.82, 2.24) is 9.78 Å². The molecule has 1 heterocycles. The van der Waals surface area contributed by atoms with Crippen LogP contribution >= 0.6 is 0 Å². The van der Waals surface area contributed by atoms with E-state index in [-0.39, 0.29) is 23.9 Å². The fourth-order valence-corrected chi connectivity index (χ4v) is 3.31. The predicted octanol–water partition coefficient (Wildman–Crippen LogP) is 2.61. The summed E-state index contributed by atoms with van der Waals surface area (Å²) in [5.41, 5.74) is 2.76. The van der Waals surface area contributed by atoms with E-state index in [4.69, 9.17) is 15.0 Å². The maximum Gasteiger partial charge on any atom is 0.238 e. The number of hydrogen-bond acceptors (Lipinski definition) is 5. The fraction of sp³-hybridized carbons (Fsp3) is 0.250. The Morgan fingerprint density at radius 1 is 1.07 bits per heavy atom. The molecule has 154 valence electrons. The maximum atomic E-state index is 13.3. The molecule has 3 rings (SSSR count). The second kappa shape index (κ2) is 9.27. The molecule has 3 aromatic rings. The largest absolute Gasteiger partial charge is 0.396 e. The van der Waals surface area contributed by atoms with Crippen molar-refractivity contribution < 1.29 is 22.7 Å². The first kappa shape index (κ1) is 21.1. The fourth-order valence-electron chi connectivity index (χ4n) is 2.79. The summed E-state index contributed by atoms with van der Waals surface area (Å²) >= 11 is 0. The Hall–Kier alpha value is -2.59. The van der Waals surface area contributed by atoms with Crippen molar-refractivity contribution in [3.8, 4) is 16.9 Å². The van der Waals surface area contributed by atoms with Crippen molar-refractivity contribution in [1.29, 1.82) is 0 Å². The van der Waals surface area contributed by atoms with Gasteiger partial charge >= 0.3 is 0 Å². The number of benzene rings is 2. The van der Waals surface area contributed by atoms with Crippen molar-refractivity contribution in [2.45, 2.75) is 24.3 Å². The summed E-state index contributed by atoms with van der Waals surface area (Å²) in [6.45, 7) is 0.908. The Kier molecular flexibility index (Phi) is 6.75. The van der Waals surface area contributed by atoms with E-state index in [1.54, 1.807) is 28.9 Å². The molecule has 0 fully saturated rings. The molecule has 0 aliphatic rings. The van der Waals surface area contributed by atoms with E-state index in [9.17, 15) is 12.8 Å². The van der Waals surface area contributed by atoms with Gasteiger partial charge in [-0.05, 0) is 67.4 Å². The van der Waals surface area contributed by atoms with E-state index in [1.807, 2.05) is 6.07 Å². The molecule has 0 atom stereocenters. The standard InChI is InChI=1S/C20H22FN3O4S/c21-16-5-3-15(4-6-16)20-13-17(14-28-12-2-1-11-25)23-24(20)18-7-9-19(10-8-18)29(22,26)27/h3-10,13,25H,1-2,11-12,14H2,(H2,22,26,27). The number of nitrogens with zero attached hydrogens (tertiary/aromatic N) is 2. The summed E-state index contributed by atoms with van der Waals surface area (Å²) in [6, 6.07) is 13.9. The summed E-state index contributed by atoms with van der Waals surface area (Å²) < 4.78 is 43.5. The number of nitrogens with two attached hydrogens (primary N) is 1. The lowest BCUT2D eigenvalue weighted by Gasteiger charge is -2.08. The van der Waals surface area contributed by atoms with Gasteiger partial charge in [-0.25, -0.2) is 22.6 Å². The average Bonchev–Trinajstić information content (AvgIpc) is 3.12. The Balaban J connectivity index is 1.92. The normalized spacial score (nSPS) is 11.7. The summed E-state index contributed by atoms with van der Waals surface area (Å²) in [5, 5.41) is 18.5. The number of aliphatic hydroxyl groups excluding tert-OH is 1. The van der Waals surface area contributed by atoms with Crippen molar-refractivity contribution in [2.24, 2.45) is 5.14 Å². The molecule has 0 unspecified atom stereocenters. The van der Waals surface area contributed by atoms with Gasteiger partial charge in [0.15, 0.2) is 0 Å². The van der Waals surface area contributed by atoms with Gasteiger partial charge in [0.1, 0.15) is 5.82 Å². The molecule has 29 heavy (non-hydrogen) atoms. The van der Waals surface area contributed by atoms with Crippen LogP contribution in [0.5, 0.6) is 0 Å². The van der Waals surface area contributed by atoms with Gasteiger partial charge in [-0.1, -0.05) is 0 Å². The van der Waals surface area contributed by atoms with Crippen LogP contribution < -0.4 is 5.14 Å². The monoisotopic (exact) mass is 419 g/mol. The van der Waals surface area contributed by atoms with Crippen molar-refractivity contribution >= 4 is 10.0 Å². The number of sulfonamides is 1. The predicted molar refractivity (Wildman–Crippen MR) is 106 cm³/mol. The zero-order valence-corrected chi connectivity index (χ0v) is 16.5. The van der Waals surface area contributed by atoms with Crippen LogP contribution in [0.25, 0.3) is 16.9 Å². The van der Waals surface area contributed by atoms with Gasteiger partial charge in [-0.3, -0.25) is 0 Å². The molecular formula is C20H22FN3O4S. The molecule has 1 aromatic heterocycles. The third kappa shape index (κ3) is 5.48. The highest BCUT2D eigenvalue weighted by Gasteiger charge is 2.14. The SMILES string of the molecule is NS(=O)(=O)c1ccc(-n2nc(COCCCCO)cc2-c2ccc(F)cc2)cc1. The Labute approximate surface area is 168 Å². The van der Waals surface area contributed by atoms with E-state index in [0.29, 0.717) is 30.1 Å². The van der Waals surface area contributed by atoms with Crippen molar-refractivity contribution in [3.63, 3.8) is 0 Å². The first-order chi connectivity index (χ1) is 13.9. The number of primary sulfonamides is 1. The van der Waals surface area contributed by atoms with Gasteiger partial charge in [-0.15, -0.1) is 0 Å². The number of aromatic nitrogens is 2. The van der Waals surface area contributed by atoms with Crippen molar-refractivity contribution in [3.05, 3.63) is 66.1 Å². The number of halogens is 1. The Morgan fingerprint density at radius 3 is 2.38 bits per heavy atom. The van der Waals surface area contributed by atoms with Crippen LogP contribution in [-0.4, -0.2) is 36.5 Å². The molecular weight excluding hydrogens is 397 g/mol. The van der Waals surface area contributed by atoms with E-state index in [2.05, 4.69) is 5.10 Å². The van der Waals surface area contributed by atoms with E-state index < -0.39 is 10.0 Å². The molecule has 0 spiro atoms. The molecule has 0 saturated carbocycles. The molecule has 2 aromatic carbocycles. The smallest absolute Gasteiger partial charge is 0.238 e. The molecule has 3 N–H and O–H groups in total. The third-order valence-corrected chi connectivity index (χ3v) is 5.19. The van der Waals surface area contributed by atoms with Crippen LogP contribution in [0, 0.1) is 5.82 Å². The zero-order chi connectivity index (χ0) is 20.9. The number of hydrogen-bond donors (Lipinski definition) is 2. The highest BCUT2D eigenvalue weighted by atomic mass is 32.2. The van der Waals surface area contributed by atoms with Gasteiger partial charge in [0.25, 0.3) is 0 Å². The lowest BCUT2D eigenvalue weighted by atomic mass is 10.1. The summed E-state index contributed by atoms with van der Waals surface area (Å²) in [4.78, 5) is 0.00387. The molecule has 0 saturated heterocycles. The second-order valence-electron chi connectivity index (χ2n) is 6.46.